The zero-order chi connectivity index (χ0) is 18.0. The number of urea groups is 1. The first-order valence-corrected chi connectivity index (χ1v) is 7.89. The zero-order valence-corrected chi connectivity index (χ0v) is 14.4. The fourth-order valence-electron chi connectivity index (χ4n) is 3.09. The van der Waals surface area contributed by atoms with E-state index in [9.17, 15) is 9.59 Å². The molecule has 0 saturated heterocycles. The second kappa shape index (κ2) is 7.02. The summed E-state index contributed by atoms with van der Waals surface area (Å²) in [5.74, 6) is 1.01. The molecule has 1 aromatic carbocycles. The molecular weight excluding hydrogens is 326 g/mol. The fraction of sp³-hybridized carbons (Fsp3) is 0.412. The van der Waals surface area contributed by atoms with Gasteiger partial charge in [0.1, 0.15) is 0 Å². The molecule has 134 valence electrons. The van der Waals surface area contributed by atoms with Gasteiger partial charge in [0.05, 0.1) is 44.7 Å². The molecule has 0 fully saturated rings. The highest BCUT2D eigenvalue weighted by molar-refractivity contribution is 6.01. The van der Waals surface area contributed by atoms with Gasteiger partial charge < -0.3 is 29.7 Å². The van der Waals surface area contributed by atoms with Crippen molar-refractivity contribution in [1.29, 1.82) is 0 Å². The Labute approximate surface area is 145 Å². The molecule has 0 spiro atoms. The molecule has 0 aromatic heterocycles. The highest BCUT2D eigenvalue weighted by Gasteiger charge is 2.40. The summed E-state index contributed by atoms with van der Waals surface area (Å²) in [5.41, 5.74) is 1.93. The van der Waals surface area contributed by atoms with Crippen LogP contribution in [0.1, 0.15) is 11.6 Å². The van der Waals surface area contributed by atoms with Gasteiger partial charge in [-0.05, 0) is 17.7 Å². The molecule has 1 atom stereocenters. The monoisotopic (exact) mass is 347 g/mol. The van der Waals surface area contributed by atoms with Crippen LogP contribution in [0.4, 0.5) is 4.79 Å². The van der Waals surface area contributed by atoms with Crippen LogP contribution in [-0.2, 0) is 9.53 Å². The van der Waals surface area contributed by atoms with Crippen LogP contribution in [0.2, 0.25) is 0 Å². The van der Waals surface area contributed by atoms with E-state index in [-0.39, 0.29) is 11.9 Å². The SMILES string of the molecule is COCCN1CC2=C(C1=O)[C@@H](c1ccc(OC)c(OC)c1)NC(=O)N2. The van der Waals surface area contributed by atoms with Gasteiger partial charge in [0.15, 0.2) is 11.5 Å². The van der Waals surface area contributed by atoms with Gasteiger partial charge in [-0.1, -0.05) is 6.07 Å². The lowest BCUT2D eigenvalue weighted by Gasteiger charge is -2.26. The predicted octanol–water partition coefficient (Wildman–Crippen LogP) is 0.800. The van der Waals surface area contributed by atoms with Gasteiger partial charge in [0.25, 0.3) is 5.91 Å². The fourth-order valence-corrected chi connectivity index (χ4v) is 3.09. The second-order valence-electron chi connectivity index (χ2n) is 5.76. The van der Waals surface area contributed by atoms with E-state index >= 15 is 0 Å². The molecule has 0 aliphatic carbocycles. The Morgan fingerprint density at radius 1 is 1.16 bits per heavy atom. The smallest absolute Gasteiger partial charge is 0.319 e. The highest BCUT2D eigenvalue weighted by atomic mass is 16.5. The Morgan fingerprint density at radius 2 is 1.92 bits per heavy atom. The van der Waals surface area contributed by atoms with Crippen LogP contribution in [0.3, 0.4) is 0 Å². The molecule has 2 aliphatic rings. The molecule has 8 heteroatoms. The summed E-state index contributed by atoms with van der Waals surface area (Å²) in [5, 5.41) is 5.55. The van der Waals surface area contributed by atoms with Gasteiger partial charge in [-0.3, -0.25) is 4.79 Å². The van der Waals surface area contributed by atoms with E-state index in [2.05, 4.69) is 10.6 Å². The first kappa shape index (κ1) is 17.1. The van der Waals surface area contributed by atoms with Crippen molar-refractivity contribution in [2.45, 2.75) is 6.04 Å². The summed E-state index contributed by atoms with van der Waals surface area (Å²) in [4.78, 5) is 26.5. The number of nitrogens with zero attached hydrogens (tertiary/aromatic N) is 1. The number of methoxy groups -OCH3 is 3. The van der Waals surface area contributed by atoms with Crippen molar-refractivity contribution in [1.82, 2.24) is 15.5 Å². The quantitative estimate of drug-likeness (QED) is 0.795. The topological polar surface area (TPSA) is 89.1 Å². The average Bonchev–Trinajstić information content (AvgIpc) is 2.94. The van der Waals surface area contributed by atoms with Crippen LogP contribution in [0.15, 0.2) is 29.5 Å². The molecule has 0 unspecified atom stereocenters. The Kier molecular flexibility index (Phi) is 4.80. The standard InChI is InChI=1S/C17H21N3O5/c1-23-7-6-20-9-11-14(16(20)21)15(19-17(22)18-11)10-4-5-12(24-2)13(8-10)25-3/h4-5,8,15H,6-7,9H2,1-3H3,(H2,18,19,22)/t15-/m1/s1. The minimum atomic E-state index is -0.538. The van der Waals surface area contributed by atoms with Gasteiger partial charge in [-0.2, -0.15) is 0 Å². The maximum Gasteiger partial charge on any atom is 0.319 e. The van der Waals surface area contributed by atoms with E-state index in [0.29, 0.717) is 42.5 Å². The first-order valence-electron chi connectivity index (χ1n) is 7.89. The number of hydrogen-bond donors (Lipinski definition) is 2. The molecule has 3 amide bonds. The molecule has 25 heavy (non-hydrogen) atoms. The molecular formula is C17H21N3O5. The zero-order valence-electron chi connectivity index (χ0n) is 14.4. The van der Waals surface area contributed by atoms with E-state index < -0.39 is 6.04 Å². The van der Waals surface area contributed by atoms with Crippen molar-refractivity contribution in [3.8, 4) is 11.5 Å². The van der Waals surface area contributed by atoms with Gasteiger partial charge in [0.2, 0.25) is 0 Å². The lowest BCUT2D eigenvalue weighted by molar-refractivity contribution is -0.126. The van der Waals surface area contributed by atoms with Crippen LogP contribution in [0.5, 0.6) is 11.5 Å². The van der Waals surface area contributed by atoms with Gasteiger partial charge in [-0.25, -0.2) is 4.79 Å². The maximum absolute atomic E-state index is 12.8. The van der Waals surface area contributed by atoms with E-state index in [4.69, 9.17) is 14.2 Å². The van der Waals surface area contributed by atoms with Crippen molar-refractivity contribution >= 4 is 11.9 Å². The summed E-state index contributed by atoms with van der Waals surface area (Å²) in [6.07, 6.45) is 0. The summed E-state index contributed by atoms with van der Waals surface area (Å²) < 4.78 is 15.6. The normalized spacial score (nSPS) is 19.5. The molecule has 2 aliphatic heterocycles. The molecule has 2 heterocycles. The number of nitrogens with one attached hydrogen (secondary N) is 2. The summed E-state index contributed by atoms with van der Waals surface area (Å²) in [7, 11) is 4.68. The van der Waals surface area contributed by atoms with E-state index in [1.165, 1.54) is 0 Å². The molecule has 3 rings (SSSR count). The number of carbonyl (C=O) groups is 2. The Balaban J connectivity index is 1.94. The number of amides is 3. The molecule has 0 bridgehead atoms. The third-order valence-corrected chi connectivity index (χ3v) is 4.33. The van der Waals surface area contributed by atoms with Gasteiger partial charge >= 0.3 is 6.03 Å². The van der Waals surface area contributed by atoms with Crippen LogP contribution in [-0.4, -0.2) is 57.9 Å². The largest absolute Gasteiger partial charge is 0.493 e. The summed E-state index contributed by atoms with van der Waals surface area (Å²) in [6.45, 7) is 1.28. The lowest BCUT2D eigenvalue weighted by atomic mass is 9.96. The molecule has 0 radical (unpaired) electrons. The Morgan fingerprint density at radius 3 is 2.60 bits per heavy atom. The van der Waals surface area contributed by atoms with Crippen molar-refractivity contribution in [3.05, 3.63) is 35.0 Å². The molecule has 2 N–H and O–H groups in total. The number of benzene rings is 1. The number of hydrogen-bond acceptors (Lipinski definition) is 5. The lowest BCUT2D eigenvalue weighted by Crippen LogP contribution is -2.44. The Bertz CT molecular complexity index is 731. The third kappa shape index (κ3) is 3.12. The van der Waals surface area contributed by atoms with Gasteiger partial charge in [0, 0.05) is 13.7 Å². The molecule has 0 saturated carbocycles. The second-order valence-corrected chi connectivity index (χ2v) is 5.76. The predicted molar refractivity (Wildman–Crippen MR) is 89.4 cm³/mol. The van der Waals surface area contributed by atoms with E-state index in [1.54, 1.807) is 38.4 Å². The first-order chi connectivity index (χ1) is 12.1. The van der Waals surface area contributed by atoms with Crippen molar-refractivity contribution in [2.75, 3.05) is 41.0 Å². The molecule has 8 nitrogen and oxygen atoms in total. The van der Waals surface area contributed by atoms with Crippen LogP contribution in [0, 0.1) is 0 Å². The summed E-state index contributed by atoms with van der Waals surface area (Å²) in [6, 6.07) is 4.46. The third-order valence-electron chi connectivity index (χ3n) is 4.33. The van der Waals surface area contributed by atoms with Crippen LogP contribution >= 0.6 is 0 Å². The number of ether oxygens (including phenoxy) is 3. The van der Waals surface area contributed by atoms with Crippen molar-refractivity contribution in [3.63, 3.8) is 0 Å². The average molecular weight is 347 g/mol. The van der Waals surface area contributed by atoms with Gasteiger partial charge in [-0.15, -0.1) is 0 Å². The van der Waals surface area contributed by atoms with Crippen LogP contribution in [0.25, 0.3) is 0 Å². The molecule has 1 aromatic rings. The number of carbonyl (C=O) groups excluding carboxylic acids is 2. The van der Waals surface area contributed by atoms with E-state index in [0.717, 1.165) is 5.56 Å². The van der Waals surface area contributed by atoms with Crippen molar-refractivity contribution < 1.29 is 23.8 Å². The van der Waals surface area contributed by atoms with E-state index in [1.807, 2.05) is 6.07 Å². The summed E-state index contributed by atoms with van der Waals surface area (Å²) >= 11 is 0. The Hall–Kier alpha value is -2.74. The minimum absolute atomic E-state index is 0.112. The highest BCUT2D eigenvalue weighted by Crippen LogP contribution is 2.36. The minimum Gasteiger partial charge on any atom is -0.493 e. The van der Waals surface area contributed by atoms with Crippen LogP contribution < -0.4 is 20.1 Å². The number of rotatable bonds is 6. The maximum atomic E-state index is 12.8. The van der Waals surface area contributed by atoms with Crippen molar-refractivity contribution in [2.24, 2.45) is 0 Å².